The van der Waals surface area contributed by atoms with Crippen LogP contribution < -0.4 is 5.73 Å². The Morgan fingerprint density at radius 3 is 2.82 bits per heavy atom. The largest absolute Gasteiger partial charge is 0.452 e. The molecule has 1 atom stereocenters. The number of aliphatic hydroxyl groups is 1. The van der Waals surface area contributed by atoms with Crippen molar-refractivity contribution in [2.45, 2.75) is 13.0 Å². The minimum atomic E-state index is -0.415. The zero-order valence-electron chi connectivity index (χ0n) is 6.17. The van der Waals surface area contributed by atoms with Gasteiger partial charge in [0.15, 0.2) is 4.67 Å². The molecule has 3 N–H and O–H groups in total. The maximum Gasteiger partial charge on any atom is 0.169 e. The normalized spacial score (nSPS) is 13.5. The van der Waals surface area contributed by atoms with Crippen molar-refractivity contribution in [2.24, 2.45) is 5.73 Å². The smallest absolute Gasteiger partial charge is 0.169 e. The number of hydrogen-bond donors (Lipinski definition) is 2. The molecule has 11 heavy (non-hydrogen) atoms. The molecule has 0 aliphatic heterocycles. The van der Waals surface area contributed by atoms with Gasteiger partial charge in [-0.25, -0.2) is 0 Å². The highest BCUT2D eigenvalue weighted by atomic mass is 79.9. The molecule has 4 heteroatoms. The van der Waals surface area contributed by atoms with Gasteiger partial charge in [-0.3, -0.25) is 0 Å². The summed E-state index contributed by atoms with van der Waals surface area (Å²) >= 11 is 3.18. The Hall–Kier alpha value is -0.320. The SMILES string of the molecule is Cc1cc(Br)oc1[C@@H](N)CO. The highest BCUT2D eigenvalue weighted by Gasteiger charge is 2.12. The lowest BCUT2D eigenvalue weighted by molar-refractivity contribution is 0.250. The van der Waals surface area contributed by atoms with Crippen molar-refractivity contribution in [2.75, 3.05) is 6.61 Å². The zero-order valence-corrected chi connectivity index (χ0v) is 7.76. The predicted octanol–water partition coefficient (Wildman–Crippen LogP) is 1.34. The van der Waals surface area contributed by atoms with Crippen molar-refractivity contribution in [3.63, 3.8) is 0 Å². The number of halogens is 1. The van der Waals surface area contributed by atoms with E-state index in [2.05, 4.69) is 15.9 Å². The van der Waals surface area contributed by atoms with Gasteiger partial charge in [-0.15, -0.1) is 0 Å². The van der Waals surface area contributed by atoms with Crippen LogP contribution in [-0.4, -0.2) is 11.7 Å². The minimum absolute atomic E-state index is 0.0964. The standard InChI is InChI=1S/C7H10BrNO2/c1-4-2-6(8)11-7(4)5(9)3-10/h2,5,10H,3,9H2,1H3/t5-/m0/s1. The Labute approximate surface area is 73.3 Å². The van der Waals surface area contributed by atoms with Crippen molar-refractivity contribution >= 4 is 15.9 Å². The Kier molecular flexibility index (Phi) is 2.70. The second kappa shape index (κ2) is 3.38. The molecule has 0 fully saturated rings. The summed E-state index contributed by atoms with van der Waals surface area (Å²) in [4.78, 5) is 0. The maximum absolute atomic E-state index is 8.72. The molecule has 0 aromatic carbocycles. The van der Waals surface area contributed by atoms with E-state index in [4.69, 9.17) is 15.3 Å². The Morgan fingerprint density at radius 2 is 2.45 bits per heavy atom. The third kappa shape index (κ3) is 1.83. The molecule has 0 saturated heterocycles. The third-order valence-electron chi connectivity index (χ3n) is 1.46. The van der Waals surface area contributed by atoms with Gasteiger partial charge in [0.05, 0.1) is 12.6 Å². The van der Waals surface area contributed by atoms with Crippen LogP contribution in [0.15, 0.2) is 15.2 Å². The van der Waals surface area contributed by atoms with E-state index in [-0.39, 0.29) is 6.61 Å². The van der Waals surface area contributed by atoms with E-state index < -0.39 is 6.04 Å². The lowest BCUT2D eigenvalue weighted by Crippen LogP contribution is -2.14. The van der Waals surface area contributed by atoms with Crippen molar-refractivity contribution < 1.29 is 9.52 Å². The van der Waals surface area contributed by atoms with Gasteiger partial charge in [-0.2, -0.15) is 0 Å². The van der Waals surface area contributed by atoms with Crippen LogP contribution in [0.4, 0.5) is 0 Å². The number of furan rings is 1. The summed E-state index contributed by atoms with van der Waals surface area (Å²) in [6.45, 7) is 1.79. The van der Waals surface area contributed by atoms with Gasteiger partial charge in [0.25, 0.3) is 0 Å². The van der Waals surface area contributed by atoms with Gasteiger partial charge >= 0.3 is 0 Å². The molecule has 3 nitrogen and oxygen atoms in total. The summed E-state index contributed by atoms with van der Waals surface area (Å²) < 4.78 is 5.85. The van der Waals surface area contributed by atoms with E-state index >= 15 is 0 Å². The van der Waals surface area contributed by atoms with E-state index in [1.165, 1.54) is 0 Å². The molecule has 0 aliphatic rings. The Bertz CT molecular complexity index is 247. The number of nitrogens with two attached hydrogens (primary N) is 1. The topological polar surface area (TPSA) is 59.4 Å². The van der Waals surface area contributed by atoms with Crippen molar-refractivity contribution in [1.82, 2.24) is 0 Å². The molecular weight excluding hydrogens is 210 g/mol. The molecule has 0 bridgehead atoms. The summed E-state index contributed by atoms with van der Waals surface area (Å²) in [6.07, 6.45) is 0. The second-order valence-corrected chi connectivity index (χ2v) is 3.17. The summed E-state index contributed by atoms with van der Waals surface area (Å²) in [5.74, 6) is 0.638. The van der Waals surface area contributed by atoms with Gasteiger partial charge < -0.3 is 15.3 Å². The highest BCUT2D eigenvalue weighted by Crippen LogP contribution is 2.23. The molecule has 0 aliphatic carbocycles. The third-order valence-corrected chi connectivity index (χ3v) is 1.85. The first-order valence-electron chi connectivity index (χ1n) is 3.27. The molecule has 1 heterocycles. The fraction of sp³-hybridized carbons (Fsp3) is 0.429. The molecule has 0 saturated carbocycles. The molecule has 0 radical (unpaired) electrons. The fourth-order valence-electron chi connectivity index (χ4n) is 0.907. The number of aliphatic hydroxyl groups excluding tert-OH is 1. The zero-order chi connectivity index (χ0) is 8.43. The van der Waals surface area contributed by atoms with Gasteiger partial charge in [0.1, 0.15) is 5.76 Å². The Balaban J connectivity index is 2.93. The summed E-state index contributed by atoms with van der Waals surface area (Å²) in [5.41, 5.74) is 6.50. The van der Waals surface area contributed by atoms with Crippen LogP contribution in [0.5, 0.6) is 0 Å². The van der Waals surface area contributed by atoms with Crippen molar-refractivity contribution in [3.8, 4) is 0 Å². The quantitative estimate of drug-likeness (QED) is 0.790. The average molecular weight is 220 g/mol. The number of hydrogen-bond acceptors (Lipinski definition) is 3. The summed E-state index contributed by atoms with van der Waals surface area (Å²) in [6, 6.07) is 1.41. The van der Waals surface area contributed by atoms with Crippen molar-refractivity contribution in [3.05, 3.63) is 22.1 Å². The molecular formula is C7H10BrNO2. The van der Waals surface area contributed by atoms with Crippen LogP contribution in [0.2, 0.25) is 0 Å². The van der Waals surface area contributed by atoms with Crippen LogP contribution in [0.25, 0.3) is 0 Å². The molecule has 0 amide bonds. The van der Waals surface area contributed by atoms with E-state index in [0.29, 0.717) is 10.4 Å². The van der Waals surface area contributed by atoms with Crippen molar-refractivity contribution in [1.29, 1.82) is 0 Å². The van der Waals surface area contributed by atoms with Gasteiger partial charge in [-0.1, -0.05) is 0 Å². The van der Waals surface area contributed by atoms with E-state index in [9.17, 15) is 0 Å². The average Bonchev–Trinajstić information content (AvgIpc) is 2.28. The highest BCUT2D eigenvalue weighted by molar-refractivity contribution is 9.10. The van der Waals surface area contributed by atoms with Gasteiger partial charge in [0, 0.05) is 0 Å². The first kappa shape index (κ1) is 8.77. The molecule has 62 valence electrons. The van der Waals surface area contributed by atoms with Crippen LogP contribution in [-0.2, 0) is 0 Å². The van der Waals surface area contributed by atoms with Gasteiger partial charge in [0.2, 0.25) is 0 Å². The molecule has 1 aromatic rings. The lowest BCUT2D eigenvalue weighted by atomic mass is 10.2. The van der Waals surface area contributed by atoms with E-state index in [1.54, 1.807) is 0 Å². The maximum atomic E-state index is 8.72. The first-order chi connectivity index (χ1) is 5.15. The summed E-state index contributed by atoms with van der Waals surface area (Å²) in [7, 11) is 0. The van der Waals surface area contributed by atoms with Crippen LogP contribution in [0.3, 0.4) is 0 Å². The Morgan fingerprint density at radius 1 is 1.82 bits per heavy atom. The van der Waals surface area contributed by atoms with E-state index in [0.717, 1.165) is 5.56 Å². The predicted molar refractivity (Wildman–Crippen MR) is 45.2 cm³/mol. The van der Waals surface area contributed by atoms with Gasteiger partial charge in [-0.05, 0) is 34.5 Å². The van der Waals surface area contributed by atoms with E-state index in [1.807, 2.05) is 13.0 Å². The lowest BCUT2D eigenvalue weighted by Gasteiger charge is -2.04. The molecule has 0 unspecified atom stereocenters. The molecule has 1 aromatic heterocycles. The number of rotatable bonds is 2. The summed E-state index contributed by atoms with van der Waals surface area (Å²) in [5, 5.41) is 8.72. The first-order valence-corrected chi connectivity index (χ1v) is 4.06. The number of aryl methyl sites for hydroxylation is 1. The fourth-order valence-corrected chi connectivity index (χ4v) is 1.43. The van der Waals surface area contributed by atoms with Crippen LogP contribution >= 0.6 is 15.9 Å². The monoisotopic (exact) mass is 219 g/mol. The van der Waals surface area contributed by atoms with Crippen LogP contribution in [0, 0.1) is 6.92 Å². The molecule has 0 spiro atoms. The second-order valence-electron chi connectivity index (χ2n) is 2.39. The molecule has 1 rings (SSSR count). The van der Waals surface area contributed by atoms with Crippen LogP contribution in [0.1, 0.15) is 17.4 Å². The minimum Gasteiger partial charge on any atom is -0.452 e.